The molecule has 0 spiro atoms. The Bertz CT molecular complexity index is 1250. The number of aromatic nitrogens is 2. The predicted octanol–water partition coefficient (Wildman–Crippen LogP) is 5.62. The number of hydrogen-bond acceptors (Lipinski definition) is 8. The minimum atomic E-state index is -1.90. The number of nitrogens with zero attached hydrogens (tertiary/aromatic N) is 2. The summed E-state index contributed by atoms with van der Waals surface area (Å²) in [7, 11) is -0.319. The van der Waals surface area contributed by atoms with Crippen LogP contribution >= 0.6 is 0 Å². The van der Waals surface area contributed by atoms with Crippen LogP contribution in [-0.2, 0) is 18.7 Å². The van der Waals surface area contributed by atoms with Crippen molar-refractivity contribution in [3.63, 3.8) is 0 Å². The first-order chi connectivity index (χ1) is 19.6. The molecule has 0 bridgehead atoms. The number of hydrogen-bond donors (Lipinski definition) is 2. The zero-order chi connectivity index (χ0) is 31.1. The van der Waals surface area contributed by atoms with E-state index in [9.17, 15) is 9.59 Å². The van der Waals surface area contributed by atoms with Crippen LogP contribution in [0.2, 0.25) is 18.1 Å². The number of nitrogens with one attached hydrogen (secondary N) is 2. The average molecular weight is 601 g/mol. The maximum atomic E-state index is 13.0. The Morgan fingerprint density at radius 1 is 1.12 bits per heavy atom. The molecular weight excluding hydrogens is 552 g/mol. The summed E-state index contributed by atoms with van der Waals surface area (Å²) in [5, 5.41) is 5.98. The van der Waals surface area contributed by atoms with Gasteiger partial charge in [-0.2, -0.15) is 0 Å². The molecule has 1 aliphatic rings. The molecule has 0 aromatic carbocycles. The fourth-order valence-electron chi connectivity index (χ4n) is 4.33. The fourth-order valence-corrected chi connectivity index (χ4v) is 5.37. The minimum absolute atomic E-state index is 0.0979. The Kier molecular flexibility index (Phi) is 11.1. The van der Waals surface area contributed by atoms with E-state index in [0.29, 0.717) is 31.9 Å². The van der Waals surface area contributed by atoms with Gasteiger partial charge in [-0.1, -0.05) is 32.9 Å². The normalized spacial score (nSPS) is 20.0. The number of alkyl carbamates (subject to hydrolysis) is 1. The van der Waals surface area contributed by atoms with Gasteiger partial charge in [0.25, 0.3) is 0 Å². The van der Waals surface area contributed by atoms with Gasteiger partial charge < -0.3 is 29.3 Å². The molecule has 0 saturated carbocycles. The number of pyridine rings is 2. The van der Waals surface area contributed by atoms with Gasteiger partial charge in [-0.3, -0.25) is 9.78 Å². The van der Waals surface area contributed by atoms with E-state index < -0.39 is 26.1 Å². The third-order valence-electron chi connectivity index (χ3n) is 7.63. The van der Waals surface area contributed by atoms with Gasteiger partial charge in [0.1, 0.15) is 5.60 Å². The molecule has 2 aromatic rings. The zero-order valence-corrected chi connectivity index (χ0v) is 27.6. The SMILES string of the molecule is COc1ccc2nccc(/C=C/[C@@H]3CC[C@@H](NC(=O)OC(C)(C)C)[C@@H](CC(=O)NCCO[Si](C)(C)C(C)(C)C)O3)c2n1. The molecule has 2 N–H and O–H groups in total. The summed E-state index contributed by atoms with van der Waals surface area (Å²) in [6, 6.07) is 5.17. The maximum Gasteiger partial charge on any atom is 0.407 e. The molecule has 11 heteroatoms. The molecule has 10 nitrogen and oxygen atoms in total. The number of fused-ring (bicyclic) bond motifs is 1. The molecule has 2 aromatic heterocycles. The highest BCUT2D eigenvalue weighted by Gasteiger charge is 2.37. The van der Waals surface area contributed by atoms with Crippen LogP contribution in [0.1, 0.15) is 66.4 Å². The molecule has 3 heterocycles. The smallest absolute Gasteiger partial charge is 0.407 e. The van der Waals surface area contributed by atoms with Gasteiger partial charge in [-0.05, 0) is 63.9 Å². The van der Waals surface area contributed by atoms with Crippen LogP contribution in [0.15, 0.2) is 30.5 Å². The Labute approximate surface area is 251 Å². The molecule has 3 rings (SSSR count). The van der Waals surface area contributed by atoms with Crippen molar-refractivity contribution in [3.8, 4) is 5.88 Å². The number of ether oxygens (including phenoxy) is 3. The minimum Gasteiger partial charge on any atom is -0.481 e. The molecule has 0 unspecified atom stereocenters. The highest BCUT2D eigenvalue weighted by atomic mass is 28.4. The summed E-state index contributed by atoms with van der Waals surface area (Å²) in [6.07, 6.45) is 5.74. The van der Waals surface area contributed by atoms with E-state index in [1.54, 1.807) is 19.4 Å². The lowest BCUT2D eigenvalue weighted by molar-refractivity contribution is -0.127. The van der Waals surface area contributed by atoms with Crippen LogP contribution in [0, 0.1) is 0 Å². The lowest BCUT2D eigenvalue weighted by atomic mass is 9.95. The largest absolute Gasteiger partial charge is 0.481 e. The molecule has 232 valence electrons. The van der Waals surface area contributed by atoms with Crippen molar-refractivity contribution in [2.75, 3.05) is 20.3 Å². The van der Waals surface area contributed by atoms with Crippen molar-refractivity contribution in [1.82, 2.24) is 20.6 Å². The Morgan fingerprint density at radius 2 is 1.86 bits per heavy atom. The van der Waals surface area contributed by atoms with Crippen LogP contribution in [0.25, 0.3) is 17.1 Å². The number of methoxy groups -OCH3 is 1. The van der Waals surface area contributed by atoms with Crippen LogP contribution in [0.3, 0.4) is 0 Å². The van der Waals surface area contributed by atoms with E-state index in [4.69, 9.17) is 18.6 Å². The predicted molar refractivity (Wildman–Crippen MR) is 167 cm³/mol. The quantitative estimate of drug-likeness (QED) is 0.266. The lowest BCUT2D eigenvalue weighted by Crippen LogP contribution is -2.51. The van der Waals surface area contributed by atoms with Crippen molar-refractivity contribution < 1.29 is 28.2 Å². The van der Waals surface area contributed by atoms with Crippen LogP contribution < -0.4 is 15.4 Å². The summed E-state index contributed by atoms with van der Waals surface area (Å²) >= 11 is 0. The summed E-state index contributed by atoms with van der Waals surface area (Å²) in [6.45, 7) is 17.2. The average Bonchev–Trinajstić information content (AvgIpc) is 2.89. The Morgan fingerprint density at radius 3 is 2.52 bits per heavy atom. The standard InChI is InChI=1S/C31H48N4O6Si/c1-30(2,3)41-29(37)34-23-13-12-22(11-10-21-16-17-32-24-14-15-27(38-7)35-28(21)24)40-25(23)20-26(36)33-18-19-39-42(8,9)31(4,5)6/h10-11,14-17,22-23,25H,12-13,18-20H2,1-9H3,(H,33,36)(H,34,37)/b11-10+/t22-,23-,25-/m1/s1. The molecule has 0 radical (unpaired) electrons. The topological polar surface area (TPSA) is 121 Å². The molecule has 1 fully saturated rings. The van der Waals surface area contributed by atoms with E-state index >= 15 is 0 Å². The molecule has 2 amide bonds. The second-order valence-electron chi connectivity index (χ2n) is 13.2. The van der Waals surface area contributed by atoms with Crippen LogP contribution in [0.5, 0.6) is 5.88 Å². The van der Waals surface area contributed by atoms with E-state index in [0.717, 1.165) is 16.6 Å². The summed E-state index contributed by atoms with van der Waals surface area (Å²) < 4.78 is 23.3. The first kappa shape index (κ1) is 33.5. The lowest BCUT2D eigenvalue weighted by Gasteiger charge is -2.36. The summed E-state index contributed by atoms with van der Waals surface area (Å²) in [5.74, 6) is 0.354. The molecule has 1 aliphatic heterocycles. The van der Waals surface area contributed by atoms with Gasteiger partial charge in [0.05, 0.1) is 49.4 Å². The monoisotopic (exact) mass is 600 g/mol. The third-order valence-corrected chi connectivity index (χ3v) is 12.2. The Balaban J connectivity index is 1.68. The Hall–Kier alpha value is -3.02. The van der Waals surface area contributed by atoms with Crippen molar-refractivity contribution in [2.24, 2.45) is 0 Å². The molecule has 1 saturated heterocycles. The van der Waals surface area contributed by atoms with Gasteiger partial charge in [0.2, 0.25) is 11.8 Å². The molecule has 3 atom stereocenters. The highest BCUT2D eigenvalue weighted by Crippen LogP contribution is 2.36. The summed E-state index contributed by atoms with van der Waals surface area (Å²) in [5.41, 5.74) is 1.74. The third kappa shape index (κ3) is 9.77. The van der Waals surface area contributed by atoms with Gasteiger partial charge in [-0.25, -0.2) is 9.78 Å². The second kappa shape index (κ2) is 14.0. The van der Waals surface area contributed by atoms with Gasteiger partial charge in [0.15, 0.2) is 8.32 Å². The van der Waals surface area contributed by atoms with Crippen LogP contribution in [0.4, 0.5) is 4.79 Å². The van der Waals surface area contributed by atoms with Crippen molar-refractivity contribution in [3.05, 3.63) is 36.0 Å². The number of rotatable bonds is 10. The number of carbonyl (C=O) groups excluding carboxylic acids is 2. The molecule has 42 heavy (non-hydrogen) atoms. The number of carbonyl (C=O) groups is 2. The summed E-state index contributed by atoms with van der Waals surface area (Å²) in [4.78, 5) is 34.5. The van der Waals surface area contributed by atoms with E-state index in [1.165, 1.54) is 0 Å². The van der Waals surface area contributed by atoms with E-state index in [2.05, 4.69) is 54.5 Å². The van der Waals surface area contributed by atoms with Crippen molar-refractivity contribution >= 4 is 37.4 Å². The molecular formula is C31H48N4O6Si. The van der Waals surface area contributed by atoms with Crippen LogP contribution in [-0.4, -0.2) is 74.4 Å². The zero-order valence-electron chi connectivity index (χ0n) is 26.6. The van der Waals surface area contributed by atoms with Gasteiger partial charge >= 0.3 is 6.09 Å². The fraction of sp³-hybridized carbons (Fsp3) is 0.613. The van der Waals surface area contributed by atoms with Gasteiger partial charge in [0, 0.05) is 24.4 Å². The maximum absolute atomic E-state index is 13.0. The van der Waals surface area contributed by atoms with E-state index in [-0.39, 0.29) is 29.5 Å². The van der Waals surface area contributed by atoms with Crippen molar-refractivity contribution in [2.45, 2.75) is 103 Å². The second-order valence-corrected chi connectivity index (χ2v) is 18.0. The number of amides is 2. The first-order valence-corrected chi connectivity index (χ1v) is 17.5. The highest BCUT2D eigenvalue weighted by molar-refractivity contribution is 6.74. The van der Waals surface area contributed by atoms with Gasteiger partial charge in [-0.15, -0.1) is 0 Å². The molecule has 0 aliphatic carbocycles. The first-order valence-electron chi connectivity index (χ1n) is 14.6. The van der Waals surface area contributed by atoms with Crippen molar-refractivity contribution in [1.29, 1.82) is 0 Å². The van der Waals surface area contributed by atoms with E-state index in [1.807, 2.05) is 45.1 Å².